The highest BCUT2D eigenvalue weighted by atomic mass is 15.2. The number of nitrogens with two attached hydrogens (primary N) is 1. The van der Waals surface area contributed by atoms with E-state index in [-0.39, 0.29) is 0 Å². The van der Waals surface area contributed by atoms with Crippen LogP contribution in [0.3, 0.4) is 0 Å². The fourth-order valence-corrected chi connectivity index (χ4v) is 1.85. The van der Waals surface area contributed by atoms with Crippen molar-refractivity contribution in [3.05, 3.63) is 18.7 Å². The second-order valence-electron chi connectivity index (χ2n) is 3.97. The number of piperidine rings is 1. The van der Waals surface area contributed by atoms with E-state index in [1.54, 1.807) is 6.33 Å². The monoisotopic (exact) mass is 192 g/mol. The molecule has 2 unspecified atom stereocenters. The van der Waals surface area contributed by atoms with E-state index in [4.69, 9.17) is 5.73 Å². The molecule has 1 saturated heterocycles. The lowest BCUT2D eigenvalue weighted by Gasteiger charge is -2.36. The molecule has 1 aliphatic heterocycles. The van der Waals surface area contributed by atoms with Gasteiger partial charge in [-0.2, -0.15) is 0 Å². The van der Waals surface area contributed by atoms with Crippen molar-refractivity contribution in [3.8, 4) is 0 Å². The van der Waals surface area contributed by atoms with Crippen molar-refractivity contribution in [1.82, 2.24) is 9.97 Å². The number of anilines is 1. The van der Waals surface area contributed by atoms with Crippen LogP contribution < -0.4 is 10.6 Å². The van der Waals surface area contributed by atoms with E-state index in [1.807, 2.05) is 12.4 Å². The van der Waals surface area contributed by atoms with Crippen LogP contribution in [0.2, 0.25) is 0 Å². The zero-order chi connectivity index (χ0) is 9.97. The topological polar surface area (TPSA) is 55.0 Å². The van der Waals surface area contributed by atoms with Gasteiger partial charge in [-0.1, -0.05) is 6.92 Å². The Hall–Kier alpha value is -1.16. The minimum absolute atomic E-state index is 0.343. The van der Waals surface area contributed by atoms with Gasteiger partial charge in [0.25, 0.3) is 0 Å². The van der Waals surface area contributed by atoms with E-state index in [0.717, 1.165) is 25.2 Å². The molecule has 1 aromatic rings. The van der Waals surface area contributed by atoms with Crippen molar-refractivity contribution < 1.29 is 0 Å². The van der Waals surface area contributed by atoms with E-state index in [0.29, 0.717) is 12.0 Å². The fourth-order valence-electron chi connectivity index (χ4n) is 1.85. The minimum atomic E-state index is 0.343. The standard InChI is InChI=1S/C10H16N4/c1-8-6-14(3-2-10(8)11)9-4-12-7-13-5-9/h4-5,7-8,10H,2-3,6,11H2,1H3. The van der Waals surface area contributed by atoms with E-state index in [9.17, 15) is 0 Å². The molecule has 0 amide bonds. The molecule has 14 heavy (non-hydrogen) atoms. The summed E-state index contributed by atoms with van der Waals surface area (Å²) in [5.74, 6) is 0.545. The summed E-state index contributed by atoms with van der Waals surface area (Å²) in [5.41, 5.74) is 7.06. The Balaban J connectivity index is 2.07. The summed E-state index contributed by atoms with van der Waals surface area (Å²) in [6.45, 7) is 4.22. The maximum absolute atomic E-state index is 5.96. The maximum atomic E-state index is 5.96. The van der Waals surface area contributed by atoms with Crippen LogP contribution in [0, 0.1) is 5.92 Å². The van der Waals surface area contributed by atoms with Crippen LogP contribution in [-0.2, 0) is 0 Å². The quantitative estimate of drug-likeness (QED) is 0.710. The Morgan fingerprint density at radius 2 is 2.14 bits per heavy atom. The molecule has 2 heterocycles. The molecular formula is C10H16N4. The number of hydrogen-bond acceptors (Lipinski definition) is 4. The van der Waals surface area contributed by atoms with Gasteiger partial charge < -0.3 is 10.6 Å². The molecule has 1 aromatic heterocycles. The van der Waals surface area contributed by atoms with Gasteiger partial charge in [-0.05, 0) is 12.3 Å². The van der Waals surface area contributed by atoms with Crippen molar-refractivity contribution in [2.75, 3.05) is 18.0 Å². The molecule has 1 fully saturated rings. The molecule has 0 aromatic carbocycles. The lowest BCUT2D eigenvalue weighted by Crippen LogP contribution is -2.46. The van der Waals surface area contributed by atoms with Crippen LogP contribution in [-0.4, -0.2) is 29.1 Å². The second kappa shape index (κ2) is 3.92. The first-order valence-corrected chi connectivity index (χ1v) is 5.03. The van der Waals surface area contributed by atoms with Crippen molar-refractivity contribution in [2.45, 2.75) is 19.4 Å². The maximum Gasteiger partial charge on any atom is 0.115 e. The minimum Gasteiger partial charge on any atom is -0.369 e. The normalized spacial score (nSPS) is 27.7. The van der Waals surface area contributed by atoms with Gasteiger partial charge in [0.1, 0.15) is 6.33 Å². The lowest BCUT2D eigenvalue weighted by molar-refractivity contribution is 0.382. The van der Waals surface area contributed by atoms with Gasteiger partial charge in [0, 0.05) is 19.1 Å². The largest absolute Gasteiger partial charge is 0.369 e. The molecule has 0 aliphatic carbocycles. The van der Waals surface area contributed by atoms with Gasteiger partial charge in [-0.25, -0.2) is 9.97 Å². The van der Waals surface area contributed by atoms with Crippen LogP contribution in [0.5, 0.6) is 0 Å². The van der Waals surface area contributed by atoms with Crippen molar-refractivity contribution in [1.29, 1.82) is 0 Å². The van der Waals surface area contributed by atoms with Gasteiger partial charge in [0.2, 0.25) is 0 Å². The van der Waals surface area contributed by atoms with Crippen LogP contribution in [0.1, 0.15) is 13.3 Å². The van der Waals surface area contributed by atoms with Crippen LogP contribution in [0.25, 0.3) is 0 Å². The van der Waals surface area contributed by atoms with E-state index in [2.05, 4.69) is 21.8 Å². The first kappa shape index (κ1) is 9.40. The lowest BCUT2D eigenvalue weighted by atomic mass is 9.95. The van der Waals surface area contributed by atoms with Crippen LogP contribution in [0.15, 0.2) is 18.7 Å². The predicted octanol–water partition coefficient (Wildman–Crippen LogP) is 0.650. The van der Waals surface area contributed by atoms with Crippen molar-refractivity contribution in [2.24, 2.45) is 11.7 Å². The van der Waals surface area contributed by atoms with Crippen LogP contribution >= 0.6 is 0 Å². The molecule has 2 atom stereocenters. The molecule has 0 spiro atoms. The average molecular weight is 192 g/mol. The average Bonchev–Trinajstić information content (AvgIpc) is 2.23. The Labute approximate surface area is 84.2 Å². The smallest absolute Gasteiger partial charge is 0.115 e. The van der Waals surface area contributed by atoms with Gasteiger partial charge in [-0.3, -0.25) is 0 Å². The third-order valence-corrected chi connectivity index (χ3v) is 2.88. The summed E-state index contributed by atoms with van der Waals surface area (Å²) < 4.78 is 0. The summed E-state index contributed by atoms with van der Waals surface area (Å²) >= 11 is 0. The summed E-state index contributed by atoms with van der Waals surface area (Å²) in [6.07, 6.45) is 6.33. The Morgan fingerprint density at radius 3 is 2.79 bits per heavy atom. The van der Waals surface area contributed by atoms with Crippen LogP contribution in [0.4, 0.5) is 5.69 Å². The van der Waals surface area contributed by atoms with Gasteiger partial charge >= 0.3 is 0 Å². The Bertz CT molecular complexity index is 287. The number of nitrogens with zero attached hydrogens (tertiary/aromatic N) is 3. The van der Waals surface area contributed by atoms with Crippen molar-refractivity contribution in [3.63, 3.8) is 0 Å². The molecule has 1 aliphatic rings. The van der Waals surface area contributed by atoms with E-state index in [1.165, 1.54) is 0 Å². The summed E-state index contributed by atoms with van der Waals surface area (Å²) in [7, 11) is 0. The van der Waals surface area contributed by atoms with E-state index >= 15 is 0 Å². The second-order valence-corrected chi connectivity index (χ2v) is 3.97. The first-order chi connectivity index (χ1) is 6.77. The molecule has 0 saturated carbocycles. The third-order valence-electron chi connectivity index (χ3n) is 2.88. The highest BCUT2D eigenvalue weighted by Gasteiger charge is 2.23. The molecule has 0 radical (unpaired) electrons. The molecule has 76 valence electrons. The zero-order valence-corrected chi connectivity index (χ0v) is 8.43. The first-order valence-electron chi connectivity index (χ1n) is 5.03. The summed E-state index contributed by atoms with van der Waals surface area (Å²) in [6, 6.07) is 0.343. The van der Waals surface area contributed by atoms with E-state index < -0.39 is 0 Å². The fraction of sp³-hybridized carbons (Fsp3) is 0.600. The van der Waals surface area contributed by atoms with Gasteiger partial charge in [0.05, 0.1) is 18.1 Å². The number of aromatic nitrogens is 2. The highest BCUT2D eigenvalue weighted by Crippen LogP contribution is 2.20. The molecular weight excluding hydrogens is 176 g/mol. The summed E-state index contributed by atoms with van der Waals surface area (Å²) in [4.78, 5) is 10.3. The molecule has 0 bridgehead atoms. The SMILES string of the molecule is CC1CN(c2cncnc2)CCC1N. The third kappa shape index (κ3) is 1.85. The molecule has 2 N–H and O–H groups in total. The van der Waals surface area contributed by atoms with Gasteiger partial charge in [0.15, 0.2) is 0 Å². The molecule has 4 nitrogen and oxygen atoms in total. The van der Waals surface area contributed by atoms with Gasteiger partial charge in [-0.15, -0.1) is 0 Å². The van der Waals surface area contributed by atoms with Crippen molar-refractivity contribution >= 4 is 5.69 Å². The Kier molecular flexibility index (Phi) is 2.63. The Morgan fingerprint density at radius 1 is 1.43 bits per heavy atom. The highest BCUT2D eigenvalue weighted by molar-refractivity contribution is 5.42. The predicted molar refractivity (Wildman–Crippen MR) is 56.0 cm³/mol. The zero-order valence-electron chi connectivity index (χ0n) is 8.43. The molecule has 2 rings (SSSR count). The summed E-state index contributed by atoms with van der Waals surface area (Å²) in [5, 5.41) is 0. The number of rotatable bonds is 1. The number of hydrogen-bond donors (Lipinski definition) is 1. The molecule has 4 heteroatoms.